The smallest absolute Gasteiger partial charge is 0.338 e. The molecule has 5 N–H and O–H groups in total. The molecule has 0 bridgehead atoms. The van der Waals surface area contributed by atoms with E-state index in [1.165, 1.54) is 18.4 Å². The summed E-state index contributed by atoms with van der Waals surface area (Å²) >= 11 is 1.50. The van der Waals surface area contributed by atoms with Crippen molar-refractivity contribution in [3.8, 4) is 11.5 Å². The van der Waals surface area contributed by atoms with Gasteiger partial charge in [-0.1, -0.05) is 30.4 Å². The van der Waals surface area contributed by atoms with Crippen molar-refractivity contribution in [2.45, 2.75) is 40.2 Å². The van der Waals surface area contributed by atoms with Gasteiger partial charge in [-0.15, -0.1) is 0 Å². The third kappa shape index (κ3) is 12.2. The molecule has 1 saturated heterocycles. The van der Waals surface area contributed by atoms with Crippen molar-refractivity contribution in [1.29, 1.82) is 0 Å². The number of amides is 1. The fourth-order valence-corrected chi connectivity index (χ4v) is 6.59. The van der Waals surface area contributed by atoms with Crippen LogP contribution in [-0.2, 0) is 27.2 Å². The molecule has 1 aliphatic rings. The van der Waals surface area contributed by atoms with Crippen LogP contribution in [0, 0.1) is 13.8 Å². The average molecular weight is 754 g/mol. The number of aldehydes is 1. The highest BCUT2D eigenvalue weighted by molar-refractivity contribution is 7.16. The lowest BCUT2D eigenvalue weighted by Crippen LogP contribution is -2.37. The Balaban J connectivity index is 0.000000492. The first-order valence-corrected chi connectivity index (χ1v) is 18.0. The van der Waals surface area contributed by atoms with E-state index in [-0.39, 0.29) is 6.41 Å². The minimum Gasteiger partial charge on any atom is -0.494 e. The number of ether oxygens (including phenoxy) is 4. The Kier molecular flexibility index (Phi) is 17.5. The summed E-state index contributed by atoms with van der Waals surface area (Å²) in [5.41, 5.74) is 15.1. The number of esters is 1. The second-order valence-electron chi connectivity index (χ2n) is 11.6. The van der Waals surface area contributed by atoms with E-state index in [2.05, 4.69) is 36.6 Å². The number of aryl methyl sites for hydroxylation is 3. The van der Waals surface area contributed by atoms with Crippen molar-refractivity contribution in [3.05, 3.63) is 69.7 Å². The predicted octanol–water partition coefficient (Wildman–Crippen LogP) is 4.15. The first-order chi connectivity index (χ1) is 25.6. The lowest BCUT2D eigenvalue weighted by atomic mass is 10.1. The number of allylic oxidation sites excluding steroid dienone is 1. The molecule has 288 valence electrons. The van der Waals surface area contributed by atoms with Gasteiger partial charge in [0.2, 0.25) is 6.41 Å². The second-order valence-corrected chi connectivity index (χ2v) is 12.6. The highest BCUT2D eigenvalue weighted by atomic mass is 32.1. The van der Waals surface area contributed by atoms with Crippen LogP contribution >= 0.6 is 11.3 Å². The van der Waals surface area contributed by atoms with E-state index in [1.54, 1.807) is 27.1 Å². The van der Waals surface area contributed by atoms with Crippen LogP contribution in [-0.4, -0.2) is 100 Å². The number of anilines is 2. The Morgan fingerprint density at radius 3 is 2.47 bits per heavy atom. The molecular weight excluding hydrogens is 703 g/mol. The molecule has 0 spiro atoms. The number of nitrogens with zero attached hydrogens (tertiary/aromatic N) is 4. The molecule has 4 aromatic rings. The molecule has 16 heteroatoms. The highest BCUT2D eigenvalue weighted by Gasteiger charge is 2.17. The summed E-state index contributed by atoms with van der Waals surface area (Å²) < 4.78 is 30.0. The van der Waals surface area contributed by atoms with Gasteiger partial charge in [-0.05, 0) is 49.6 Å². The van der Waals surface area contributed by atoms with Crippen molar-refractivity contribution in [1.82, 2.24) is 14.5 Å². The molecule has 0 radical (unpaired) electrons. The average Bonchev–Trinajstić information content (AvgIpc) is 3.73. The maximum absolute atomic E-state index is 12.1. The third-order valence-electron chi connectivity index (χ3n) is 7.96. The lowest BCUT2D eigenvalue weighted by Gasteiger charge is -2.26. The van der Waals surface area contributed by atoms with Crippen LogP contribution in [0.2, 0.25) is 0 Å². The molecule has 2 aromatic carbocycles. The topological polar surface area (TPSA) is 199 Å². The van der Waals surface area contributed by atoms with Gasteiger partial charge in [0.05, 0.1) is 55.7 Å². The van der Waals surface area contributed by atoms with E-state index >= 15 is 0 Å². The third-order valence-corrected chi connectivity index (χ3v) is 9.08. The molecule has 0 aliphatic carbocycles. The number of morpholine rings is 1. The van der Waals surface area contributed by atoms with Crippen LogP contribution in [0.3, 0.4) is 0 Å². The highest BCUT2D eigenvalue weighted by Crippen LogP contribution is 2.33. The maximum Gasteiger partial charge on any atom is 0.338 e. The first-order valence-electron chi connectivity index (χ1n) is 17.2. The van der Waals surface area contributed by atoms with E-state index < -0.39 is 5.97 Å². The molecule has 0 unspecified atom stereocenters. The van der Waals surface area contributed by atoms with Gasteiger partial charge in [0, 0.05) is 46.7 Å². The number of hydrogen-bond donors (Lipinski definition) is 3. The zero-order valence-corrected chi connectivity index (χ0v) is 32.1. The van der Waals surface area contributed by atoms with Crippen LogP contribution < -0.4 is 31.1 Å². The molecule has 15 nitrogen and oxygen atoms in total. The molecule has 53 heavy (non-hydrogen) atoms. The summed E-state index contributed by atoms with van der Waals surface area (Å²) in [6.45, 7) is 12.0. The van der Waals surface area contributed by atoms with Gasteiger partial charge in [-0.25, -0.2) is 9.78 Å². The number of nitrogens with one attached hydrogen (secondary N) is 1. The van der Waals surface area contributed by atoms with Crippen molar-refractivity contribution in [2.24, 2.45) is 10.7 Å². The predicted molar refractivity (Wildman–Crippen MR) is 206 cm³/mol. The molecule has 1 fully saturated rings. The molecule has 3 heterocycles. The summed E-state index contributed by atoms with van der Waals surface area (Å²) in [7, 11) is 4.71. The quantitative estimate of drug-likeness (QED) is 0.0548. The van der Waals surface area contributed by atoms with Gasteiger partial charge in [-0.3, -0.25) is 19.5 Å². The van der Waals surface area contributed by atoms with Crippen LogP contribution in [0.5, 0.6) is 11.5 Å². The molecule has 1 aliphatic heterocycles. The standard InChI is InChI=1S/C29H39N5O5S.C7H9NO2.CH3NO/c1-20-16-22(30)26(23(17-20)39-13-7-9-33-11-14-38-15-12-33)32-8-5-6-10-34-27-24(36-3)18-21(28(35)37-4)19-25(27)40-29(34)31-2;1-3-6-7(4-9)10-5(2)8-6;2-1-3/h5-6,16-19,32H,7-15,30H2,1-4H3;4H,3H2,1-2H3;1H,(H2,2,3)/b6-5+,31-29?;;. The number of rotatable bonds is 14. The Hall–Kier alpha value is -5.19. The fourth-order valence-electron chi connectivity index (χ4n) is 5.54. The maximum atomic E-state index is 12.1. The van der Waals surface area contributed by atoms with Crippen molar-refractivity contribution in [2.75, 3.05) is 78.3 Å². The Morgan fingerprint density at radius 2 is 1.85 bits per heavy atom. The summed E-state index contributed by atoms with van der Waals surface area (Å²) in [5, 5.41) is 3.42. The second kappa shape index (κ2) is 22.0. The number of benzene rings is 2. The number of methoxy groups -OCH3 is 2. The van der Waals surface area contributed by atoms with Crippen LogP contribution in [0.25, 0.3) is 10.2 Å². The van der Waals surface area contributed by atoms with Crippen molar-refractivity contribution >= 4 is 51.6 Å². The summed E-state index contributed by atoms with van der Waals surface area (Å²) in [6.07, 6.45) is 6.74. The van der Waals surface area contributed by atoms with Gasteiger partial charge >= 0.3 is 5.97 Å². The van der Waals surface area contributed by atoms with Gasteiger partial charge in [0.1, 0.15) is 22.7 Å². The zero-order chi connectivity index (χ0) is 38.8. The monoisotopic (exact) mass is 753 g/mol. The number of primary amides is 1. The van der Waals surface area contributed by atoms with E-state index in [0.29, 0.717) is 54.6 Å². The summed E-state index contributed by atoms with van der Waals surface area (Å²) in [4.78, 5) is 42.6. The number of oxazole rings is 1. The zero-order valence-electron chi connectivity index (χ0n) is 31.3. The molecule has 0 saturated carbocycles. The largest absolute Gasteiger partial charge is 0.494 e. The van der Waals surface area contributed by atoms with E-state index in [1.807, 2.05) is 38.1 Å². The molecular formula is C37H51N7O8S. The molecule has 0 atom stereocenters. The Morgan fingerprint density at radius 1 is 1.11 bits per heavy atom. The van der Waals surface area contributed by atoms with E-state index in [9.17, 15) is 9.59 Å². The van der Waals surface area contributed by atoms with Crippen molar-refractivity contribution in [3.63, 3.8) is 0 Å². The van der Waals surface area contributed by atoms with E-state index in [4.69, 9.17) is 33.9 Å². The van der Waals surface area contributed by atoms with Crippen molar-refractivity contribution < 1.29 is 37.7 Å². The number of hydrogen-bond acceptors (Lipinski definition) is 14. The fraction of sp³-hybridized carbons (Fsp3) is 0.432. The molecule has 2 aromatic heterocycles. The summed E-state index contributed by atoms with van der Waals surface area (Å²) in [6, 6.07) is 7.48. The Bertz CT molecular complexity index is 1890. The number of aromatic nitrogens is 2. The lowest BCUT2D eigenvalue weighted by molar-refractivity contribution is -0.106. The van der Waals surface area contributed by atoms with Crippen LogP contribution in [0.1, 0.15) is 51.4 Å². The molecule has 1 amide bonds. The normalized spacial score (nSPS) is 13.1. The van der Waals surface area contributed by atoms with Crippen LogP contribution in [0.4, 0.5) is 11.4 Å². The number of carbonyl (C=O) groups is 3. The van der Waals surface area contributed by atoms with Crippen LogP contribution in [0.15, 0.2) is 45.8 Å². The summed E-state index contributed by atoms with van der Waals surface area (Å²) in [5.74, 6) is 1.87. The minimum absolute atomic E-state index is 0.250. The number of thiazole rings is 1. The number of nitrogens with two attached hydrogens (primary N) is 2. The van der Waals surface area contributed by atoms with Gasteiger partial charge < -0.3 is 44.7 Å². The van der Waals surface area contributed by atoms with E-state index in [0.717, 1.165) is 83.4 Å². The Labute approximate surface area is 313 Å². The van der Waals surface area contributed by atoms with Gasteiger partial charge in [0.15, 0.2) is 22.7 Å². The number of carbonyl (C=O) groups excluding carboxylic acids is 3. The van der Waals surface area contributed by atoms with Gasteiger partial charge in [-0.2, -0.15) is 0 Å². The van der Waals surface area contributed by atoms with Gasteiger partial charge in [0.25, 0.3) is 0 Å². The first kappa shape index (κ1) is 42.2. The SMILES string of the molecule is CCc1nc(C)oc1C=O.CN=c1sc2cc(C(=O)OC)cc(OC)c2n1C/C=C/CNc1c(N)cc(C)cc1OCCCN1CCOCC1.NC=O. The minimum atomic E-state index is -0.406. The number of fused-ring (bicyclic) bond motifs is 1. The number of nitrogen functional groups attached to an aromatic ring is 1. The molecule has 5 rings (SSSR count).